The Balaban J connectivity index is 2.68. The predicted molar refractivity (Wildman–Crippen MR) is 64.7 cm³/mol. The normalized spacial score (nSPS) is 11.9. The molecular weight excluding hydrogens is 214 g/mol. The topological polar surface area (TPSA) is 57.0 Å². The van der Waals surface area contributed by atoms with Crippen LogP contribution in [0.2, 0.25) is 0 Å². The van der Waals surface area contributed by atoms with Gasteiger partial charge in [-0.05, 0) is 23.6 Å². The molecule has 1 amide bonds. The maximum Gasteiger partial charge on any atom is 0.240 e. The first-order valence-corrected chi connectivity index (χ1v) is 5.59. The molecule has 0 aromatic carbocycles. The highest BCUT2D eigenvalue weighted by Gasteiger charge is 2.24. The van der Waals surface area contributed by atoms with Crippen LogP contribution in [-0.4, -0.2) is 22.8 Å². The standard InChI is InChI=1S/C13H17N3O/c1-10(2)12(8-14)13(17)16(3)9-11-4-6-15-7-5-11/h4-7,10,12H,9H2,1-3H3. The molecule has 90 valence electrons. The minimum atomic E-state index is -0.568. The summed E-state index contributed by atoms with van der Waals surface area (Å²) in [5.74, 6) is -0.659. The zero-order valence-corrected chi connectivity index (χ0v) is 10.4. The molecule has 1 atom stereocenters. The van der Waals surface area contributed by atoms with Crippen molar-refractivity contribution in [3.63, 3.8) is 0 Å². The smallest absolute Gasteiger partial charge is 0.240 e. The zero-order chi connectivity index (χ0) is 12.8. The quantitative estimate of drug-likeness (QED) is 0.794. The van der Waals surface area contributed by atoms with Crippen molar-refractivity contribution in [2.45, 2.75) is 20.4 Å². The first-order valence-electron chi connectivity index (χ1n) is 5.59. The molecule has 1 unspecified atom stereocenters. The third-order valence-corrected chi connectivity index (χ3v) is 2.62. The van der Waals surface area contributed by atoms with Gasteiger partial charge >= 0.3 is 0 Å². The van der Waals surface area contributed by atoms with Crippen molar-refractivity contribution in [1.29, 1.82) is 5.26 Å². The van der Waals surface area contributed by atoms with E-state index in [0.29, 0.717) is 6.54 Å². The van der Waals surface area contributed by atoms with Gasteiger partial charge in [0.15, 0.2) is 0 Å². The lowest BCUT2D eigenvalue weighted by molar-refractivity contribution is -0.134. The van der Waals surface area contributed by atoms with Crippen LogP contribution in [0.4, 0.5) is 0 Å². The molecule has 0 aliphatic carbocycles. The maximum absolute atomic E-state index is 12.0. The van der Waals surface area contributed by atoms with Gasteiger partial charge < -0.3 is 4.90 Å². The number of hydrogen-bond donors (Lipinski definition) is 0. The van der Waals surface area contributed by atoms with Gasteiger partial charge in [0.05, 0.1) is 6.07 Å². The highest BCUT2D eigenvalue weighted by atomic mass is 16.2. The Morgan fingerprint density at radius 1 is 1.47 bits per heavy atom. The van der Waals surface area contributed by atoms with Crippen molar-refractivity contribution in [1.82, 2.24) is 9.88 Å². The van der Waals surface area contributed by atoms with E-state index in [1.807, 2.05) is 26.0 Å². The lowest BCUT2D eigenvalue weighted by Gasteiger charge is -2.21. The molecule has 1 heterocycles. The van der Waals surface area contributed by atoms with E-state index in [1.165, 1.54) is 0 Å². The summed E-state index contributed by atoms with van der Waals surface area (Å²) < 4.78 is 0. The second-order valence-electron chi connectivity index (χ2n) is 4.40. The lowest BCUT2D eigenvalue weighted by atomic mass is 9.96. The van der Waals surface area contributed by atoms with Gasteiger partial charge in [0.1, 0.15) is 5.92 Å². The molecule has 0 bridgehead atoms. The number of nitriles is 1. The summed E-state index contributed by atoms with van der Waals surface area (Å²) in [5, 5.41) is 8.97. The number of aromatic nitrogens is 1. The fourth-order valence-electron chi connectivity index (χ4n) is 1.57. The van der Waals surface area contributed by atoms with Crippen LogP contribution in [0.15, 0.2) is 24.5 Å². The van der Waals surface area contributed by atoms with Crippen LogP contribution >= 0.6 is 0 Å². The molecule has 0 radical (unpaired) electrons. The fraction of sp³-hybridized carbons (Fsp3) is 0.462. The van der Waals surface area contributed by atoms with Crippen LogP contribution in [0.25, 0.3) is 0 Å². The zero-order valence-electron chi connectivity index (χ0n) is 10.4. The molecule has 17 heavy (non-hydrogen) atoms. The van der Waals surface area contributed by atoms with Gasteiger partial charge in [-0.25, -0.2) is 0 Å². The van der Waals surface area contributed by atoms with E-state index >= 15 is 0 Å². The monoisotopic (exact) mass is 231 g/mol. The Hall–Kier alpha value is -1.89. The molecule has 0 spiro atoms. The minimum absolute atomic E-state index is 0.0346. The van der Waals surface area contributed by atoms with Crippen LogP contribution < -0.4 is 0 Å². The highest BCUT2D eigenvalue weighted by Crippen LogP contribution is 2.14. The summed E-state index contributed by atoms with van der Waals surface area (Å²) in [7, 11) is 1.72. The summed E-state index contributed by atoms with van der Waals surface area (Å²) in [4.78, 5) is 17.5. The fourth-order valence-corrected chi connectivity index (χ4v) is 1.57. The summed E-state index contributed by atoms with van der Waals surface area (Å²) in [6.45, 7) is 4.27. The Bertz CT molecular complexity index is 408. The van der Waals surface area contributed by atoms with Gasteiger partial charge in [-0.3, -0.25) is 9.78 Å². The SMILES string of the molecule is CC(C)C(C#N)C(=O)N(C)Cc1ccncc1. The number of amides is 1. The van der Waals surface area contributed by atoms with E-state index < -0.39 is 5.92 Å². The van der Waals surface area contributed by atoms with Crippen LogP contribution in [0.1, 0.15) is 19.4 Å². The molecule has 1 aromatic rings. The van der Waals surface area contributed by atoms with Gasteiger partial charge in [0, 0.05) is 26.0 Å². The van der Waals surface area contributed by atoms with Gasteiger partial charge in [-0.1, -0.05) is 13.8 Å². The van der Waals surface area contributed by atoms with Crippen molar-refractivity contribution < 1.29 is 4.79 Å². The maximum atomic E-state index is 12.0. The average molecular weight is 231 g/mol. The summed E-state index contributed by atoms with van der Waals surface area (Å²) >= 11 is 0. The van der Waals surface area contributed by atoms with E-state index in [0.717, 1.165) is 5.56 Å². The van der Waals surface area contributed by atoms with E-state index in [1.54, 1.807) is 24.3 Å². The lowest BCUT2D eigenvalue weighted by Crippen LogP contribution is -2.34. The molecule has 1 rings (SSSR count). The third kappa shape index (κ3) is 3.56. The first kappa shape index (κ1) is 13.2. The van der Waals surface area contributed by atoms with Crippen molar-refractivity contribution in [3.8, 4) is 6.07 Å². The molecule has 0 saturated heterocycles. The second-order valence-corrected chi connectivity index (χ2v) is 4.40. The van der Waals surface area contributed by atoms with E-state index in [9.17, 15) is 4.79 Å². The summed E-state index contributed by atoms with van der Waals surface area (Å²) in [6, 6.07) is 5.79. The van der Waals surface area contributed by atoms with E-state index in [4.69, 9.17) is 5.26 Å². The van der Waals surface area contributed by atoms with Gasteiger partial charge in [0.2, 0.25) is 5.91 Å². The summed E-state index contributed by atoms with van der Waals surface area (Å²) in [5.41, 5.74) is 1.01. The Morgan fingerprint density at radius 3 is 2.53 bits per heavy atom. The molecule has 0 saturated carbocycles. The Labute approximate surface area is 102 Å². The van der Waals surface area contributed by atoms with Crippen LogP contribution in [0.3, 0.4) is 0 Å². The largest absolute Gasteiger partial charge is 0.340 e. The number of pyridine rings is 1. The molecular formula is C13H17N3O. The predicted octanol–water partition coefficient (Wildman–Crippen LogP) is 1.84. The molecule has 0 fully saturated rings. The van der Waals surface area contributed by atoms with Crippen LogP contribution in [0, 0.1) is 23.2 Å². The van der Waals surface area contributed by atoms with E-state index in [-0.39, 0.29) is 11.8 Å². The molecule has 4 nitrogen and oxygen atoms in total. The molecule has 4 heteroatoms. The van der Waals surface area contributed by atoms with Crippen molar-refractivity contribution in [2.75, 3.05) is 7.05 Å². The molecule has 0 aliphatic rings. The average Bonchev–Trinajstić information content (AvgIpc) is 2.30. The number of nitrogens with zero attached hydrogens (tertiary/aromatic N) is 3. The highest BCUT2D eigenvalue weighted by molar-refractivity contribution is 5.81. The van der Waals surface area contributed by atoms with Crippen LogP contribution in [0.5, 0.6) is 0 Å². The Kier molecular flexibility index (Phi) is 4.65. The van der Waals surface area contributed by atoms with Crippen LogP contribution in [-0.2, 0) is 11.3 Å². The van der Waals surface area contributed by atoms with Crippen molar-refractivity contribution >= 4 is 5.91 Å². The number of rotatable bonds is 4. The van der Waals surface area contributed by atoms with E-state index in [2.05, 4.69) is 11.1 Å². The van der Waals surface area contributed by atoms with Gasteiger partial charge in [0.25, 0.3) is 0 Å². The third-order valence-electron chi connectivity index (χ3n) is 2.62. The van der Waals surface area contributed by atoms with Crippen molar-refractivity contribution in [3.05, 3.63) is 30.1 Å². The summed E-state index contributed by atoms with van der Waals surface area (Å²) in [6.07, 6.45) is 3.38. The Morgan fingerprint density at radius 2 is 2.06 bits per heavy atom. The molecule has 1 aromatic heterocycles. The second kappa shape index (κ2) is 6.00. The van der Waals surface area contributed by atoms with Gasteiger partial charge in [-0.2, -0.15) is 5.26 Å². The number of carbonyl (C=O) groups excluding carboxylic acids is 1. The first-order chi connectivity index (χ1) is 8.06. The minimum Gasteiger partial charge on any atom is -0.340 e. The molecule has 0 aliphatic heterocycles. The van der Waals surface area contributed by atoms with Crippen molar-refractivity contribution in [2.24, 2.45) is 11.8 Å². The number of hydrogen-bond acceptors (Lipinski definition) is 3. The number of carbonyl (C=O) groups is 1. The van der Waals surface area contributed by atoms with Gasteiger partial charge in [-0.15, -0.1) is 0 Å². The molecule has 0 N–H and O–H groups in total.